The Kier molecular flexibility index (Phi) is 3.66. The standard InChI is InChI=1S/C14H13N3O3S/c1-9-4-11-13(15-5-9)17(6-10-2-3-20-7-10)14(16-11)21-8-12(18)19/h2-5,7H,6,8H2,1H3,(H,18,19). The third-order valence-corrected chi connectivity index (χ3v) is 3.89. The fourth-order valence-electron chi connectivity index (χ4n) is 2.03. The summed E-state index contributed by atoms with van der Waals surface area (Å²) in [5.74, 6) is -0.903. The van der Waals surface area contributed by atoms with Crippen molar-refractivity contribution in [3.63, 3.8) is 0 Å². The molecule has 0 aliphatic carbocycles. The molecule has 0 bridgehead atoms. The van der Waals surface area contributed by atoms with Crippen LogP contribution in [-0.4, -0.2) is 31.4 Å². The van der Waals surface area contributed by atoms with Crippen molar-refractivity contribution >= 4 is 28.9 Å². The molecule has 0 aromatic carbocycles. The Morgan fingerprint density at radius 1 is 1.52 bits per heavy atom. The van der Waals surface area contributed by atoms with Crippen molar-refractivity contribution in [2.75, 3.05) is 5.75 Å². The number of pyridine rings is 1. The van der Waals surface area contributed by atoms with Crippen LogP contribution in [0.25, 0.3) is 11.2 Å². The van der Waals surface area contributed by atoms with Gasteiger partial charge in [0, 0.05) is 11.8 Å². The van der Waals surface area contributed by atoms with Gasteiger partial charge >= 0.3 is 5.97 Å². The Balaban J connectivity index is 2.03. The molecular formula is C14H13N3O3S. The molecule has 1 N–H and O–H groups in total. The fourth-order valence-corrected chi connectivity index (χ4v) is 2.76. The van der Waals surface area contributed by atoms with Gasteiger partial charge in [-0.25, -0.2) is 9.97 Å². The van der Waals surface area contributed by atoms with Gasteiger partial charge in [-0.2, -0.15) is 0 Å². The first-order valence-corrected chi connectivity index (χ1v) is 7.30. The lowest BCUT2D eigenvalue weighted by Crippen LogP contribution is -2.04. The van der Waals surface area contributed by atoms with Gasteiger partial charge in [0.15, 0.2) is 10.8 Å². The van der Waals surface area contributed by atoms with Crippen LogP contribution in [-0.2, 0) is 11.3 Å². The Morgan fingerprint density at radius 2 is 2.38 bits per heavy atom. The maximum Gasteiger partial charge on any atom is 0.313 e. The molecule has 3 aromatic rings. The zero-order valence-corrected chi connectivity index (χ0v) is 12.1. The molecule has 0 unspecified atom stereocenters. The highest BCUT2D eigenvalue weighted by Gasteiger charge is 2.14. The number of furan rings is 1. The molecule has 3 heterocycles. The summed E-state index contributed by atoms with van der Waals surface area (Å²) in [7, 11) is 0. The molecule has 21 heavy (non-hydrogen) atoms. The zero-order valence-electron chi connectivity index (χ0n) is 11.3. The average molecular weight is 303 g/mol. The van der Waals surface area contributed by atoms with Gasteiger partial charge in [-0.1, -0.05) is 11.8 Å². The number of aromatic nitrogens is 3. The largest absolute Gasteiger partial charge is 0.481 e. The summed E-state index contributed by atoms with van der Waals surface area (Å²) in [4.78, 5) is 19.7. The number of carboxylic acid groups (broad SMARTS) is 1. The van der Waals surface area contributed by atoms with Crippen molar-refractivity contribution < 1.29 is 14.3 Å². The third-order valence-electron chi connectivity index (χ3n) is 2.93. The molecule has 0 fully saturated rings. The van der Waals surface area contributed by atoms with Crippen LogP contribution in [0.4, 0.5) is 0 Å². The summed E-state index contributed by atoms with van der Waals surface area (Å²) in [6.07, 6.45) is 5.04. The second-order valence-corrected chi connectivity index (χ2v) is 5.59. The predicted molar refractivity (Wildman–Crippen MR) is 78.4 cm³/mol. The minimum Gasteiger partial charge on any atom is -0.481 e. The van der Waals surface area contributed by atoms with Crippen molar-refractivity contribution in [1.82, 2.24) is 14.5 Å². The van der Waals surface area contributed by atoms with Crippen LogP contribution in [0.15, 0.2) is 40.4 Å². The molecule has 0 aliphatic heterocycles. The molecule has 0 amide bonds. The maximum absolute atomic E-state index is 10.8. The molecule has 3 rings (SSSR count). The summed E-state index contributed by atoms with van der Waals surface area (Å²) in [5, 5.41) is 9.50. The summed E-state index contributed by atoms with van der Waals surface area (Å²) in [6.45, 7) is 2.50. The van der Waals surface area contributed by atoms with E-state index in [4.69, 9.17) is 9.52 Å². The van der Waals surface area contributed by atoms with Gasteiger partial charge in [0.05, 0.1) is 24.8 Å². The van der Waals surface area contributed by atoms with E-state index in [9.17, 15) is 4.79 Å². The monoisotopic (exact) mass is 303 g/mol. The Hall–Kier alpha value is -2.28. The van der Waals surface area contributed by atoms with E-state index in [1.807, 2.05) is 23.6 Å². The van der Waals surface area contributed by atoms with Crippen LogP contribution >= 0.6 is 11.8 Å². The zero-order chi connectivity index (χ0) is 14.8. The van der Waals surface area contributed by atoms with E-state index < -0.39 is 5.97 Å². The molecule has 6 nitrogen and oxygen atoms in total. The number of nitrogens with zero attached hydrogens (tertiary/aromatic N) is 3. The molecule has 0 radical (unpaired) electrons. The van der Waals surface area contributed by atoms with Gasteiger partial charge in [-0.05, 0) is 24.6 Å². The number of hydrogen-bond acceptors (Lipinski definition) is 5. The summed E-state index contributed by atoms with van der Waals surface area (Å²) in [5.41, 5.74) is 3.51. The molecular weight excluding hydrogens is 290 g/mol. The van der Waals surface area contributed by atoms with Gasteiger partial charge in [0.2, 0.25) is 0 Å². The molecule has 0 saturated carbocycles. The summed E-state index contributed by atoms with van der Waals surface area (Å²) >= 11 is 1.19. The van der Waals surface area contributed by atoms with Crippen molar-refractivity contribution in [3.8, 4) is 0 Å². The molecule has 0 spiro atoms. The lowest BCUT2D eigenvalue weighted by Gasteiger charge is -2.05. The van der Waals surface area contributed by atoms with E-state index in [1.54, 1.807) is 18.7 Å². The molecule has 0 aliphatic rings. The van der Waals surface area contributed by atoms with Crippen LogP contribution in [0.5, 0.6) is 0 Å². The van der Waals surface area contributed by atoms with Crippen LogP contribution in [0, 0.1) is 6.92 Å². The topological polar surface area (TPSA) is 81.1 Å². The first kappa shape index (κ1) is 13.7. The van der Waals surface area contributed by atoms with Crippen molar-refractivity contribution in [2.45, 2.75) is 18.6 Å². The van der Waals surface area contributed by atoms with E-state index in [-0.39, 0.29) is 5.75 Å². The SMILES string of the molecule is Cc1cnc2c(c1)nc(SCC(=O)O)n2Cc1ccoc1. The number of imidazole rings is 1. The second kappa shape index (κ2) is 5.61. The Bertz CT molecular complexity index is 780. The Morgan fingerprint density at radius 3 is 3.10 bits per heavy atom. The quantitative estimate of drug-likeness (QED) is 0.730. The average Bonchev–Trinajstić information content (AvgIpc) is 3.05. The predicted octanol–water partition coefficient (Wildman–Crippen LogP) is 2.56. The third kappa shape index (κ3) is 2.92. The lowest BCUT2D eigenvalue weighted by atomic mass is 10.3. The van der Waals surface area contributed by atoms with Gasteiger partial charge in [-0.15, -0.1) is 0 Å². The Labute approximate surface area is 124 Å². The number of hydrogen-bond donors (Lipinski definition) is 1. The van der Waals surface area contributed by atoms with E-state index in [2.05, 4.69) is 9.97 Å². The summed E-state index contributed by atoms with van der Waals surface area (Å²) < 4.78 is 6.99. The normalized spacial score (nSPS) is 11.1. The highest BCUT2D eigenvalue weighted by atomic mass is 32.2. The first-order chi connectivity index (χ1) is 10.1. The van der Waals surface area contributed by atoms with Crippen LogP contribution in [0.1, 0.15) is 11.1 Å². The van der Waals surface area contributed by atoms with Gasteiger partial charge in [-0.3, -0.25) is 9.36 Å². The second-order valence-electron chi connectivity index (χ2n) is 4.65. The highest BCUT2D eigenvalue weighted by Crippen LogP contribution is 2.24. The fraction of sp³-hybridized carbons (Fsp3) is 0.214. The number of carbonyl (C=O) groups is 1. The smallest absolute Gasteiger partial charge is 0.313 e. The molecule has 0 atom stereocenters. The number of carboxylic acids is 1. The number of fused-ring (bicyclic) bond motifs is 1. The van der Waals surface area contributed by atoms with Crippen LogP contribution in [0.2, 0.25) is 0 Å². The van der Waals surface area contributed by atoms with Gasteiger partial charge < -0.3 is 9.52 Å². The maximum atomic E-state index is 10.8. The van der Waals surface area contributed by atoms with Crippen molar-refractivity contribution in [1.29, 1.82) is 0 Å². The summed E-state index contributed by atoms with van der Waals surface area (Å²) in [6, 6.07) is 3.81. The lowest BCUT2D eigenvalue weighted by molar-refractivity contribution is -0.133. The molecule has 0 saturated heterocycles. The molecule has 7 heteroatoms. The van der Waals surface area contributed by atoms with E-state index in [1.165, 1.54) is 11.8 Å². The van der Waals surface area contributed by atoms with Crippen LogP contribution in [0.3, 0.4) is 0 Å². The first-order valence-electron chi connectivity index (χ1n) is 6.32. The molecule has 108 valence electrons. The van der Waals surface area contributed by atoms with E-state index in [0.717, 1.165) is 22.3 Å². The van der Waals surface area contributed by atoms with Crippen molar-refractivity contribution in [2.24, 2.45) is 0 Å². The van der Waals surface area contributed by atoms with Gasteiger partial charge in [0.25, 0.3) is 0 Å². The van der Waals surface area contributed by atoms with Crippen LogP contribution < -0.4 is 0 Å². The van der Waals surface area contributed by atoms with Gasteiger partial charge in [0.1, 0.15) is 5.52 Å². The minimum atomic E-state index is -0.869. The highest BCUT2D eigenvalue weighted by molar-refractivity contribution is 7.99. The van der Waals surface area contributed by atoms with E-state index >= 15 is 0 Å². The van der Waals surface area contributed by atoms with Crippen molar-refractivity contribution in [3.05, 3.63) is 42.0 Å². The molecule has 3 aromatic heterocycles. The number of aliphatic carboxylic acids is 1. The number of aryl methyl sites for hydroxylation is 1. The minimum absolute atomic E-state index is 0.0340. The number of rotatable bonds is 5. The number of thioether (sulfide) groups is 1. The van der Waals surface area contributed by atoms with E-state index in [0.29, 0.717) is 11.7 Å².